The molecular weight excluding hydrogens is 332 g/mol. The van der Waals surface area contributed by atoms with Crippen molar-refractivity contribution in [1.29, 1.82) is 0 Å². The monoisotopic (exact) mass is 344 g/mol. The van der Waals surface area contributed by atoms with Crippen molar-refractivity contribution in [1.82, 2.24) is 4.98 Å². The fourth-order valence-corrected chi connectivity index (χ4v) is 3.01. The van der Waals surface area contributed by atoms with E-state index >= 15 is 0 Å². The highest BCUT2D eigenvalue weighted by atomic mass is 32.1. The predicted molar refractivity (Wildman–Crippen MR) is 89.8 cm³/mol. The van der Waals surface area contributed by atoms with Gasteiger partial charge in [-0.2, -0.15) is 0 Å². The standard InChI is InChI=1S/C16H12N2O5S/c1-23-16(22)8-2-4-9(5-3-8)17-14(20)11-12(19)13-10(6-7-24-13)18-15(11)21/h2-7H,1H3,(H,17,20)(H2,18,19,21). The Morgan fingerprint density at radius 1 is 1.21 bits per heavy atom. The number of carbonyl (C=O) groups is 2. The molecule has 8 heteroatoms. The molecule has 3 N–H and O–H groups in total. The summed E-state index contributed by atoms with van der Waals surface area (Å²) >= 11 is 1.22. The Bertz CT molecular complexity index is 988. The van der Waals surface area contributed by atoms with E-state index in [1.54, 1.807) is 11.4 Å². The number of carbonyl (C=O) groups excluding carboxylic acids is 2. The minimum Gasteiger partial charge on any atom is -0.505 e. The van der Waals surface area contributed by atoms with E-state index in [9.17, 15) is 19.5 Å². The van der Waals surface area contributed by atoms with E-state index in [1.165, 1.54) is 42.7 Å². The Hall–Kier alpha value is -3.13. The minimum atomic E-state index is -0.741. The summed E-state index contributed by atoms with van der Waals surface area (Å²) in [6, 6.07) is 7.61. The van der Waals surface area contributed by atoms with Crippen LogP contribution >= 0.6 is 11.3 Å². The van der Waals surface area contributed by atoms with E-state index in [1.807, 2.05) is 0 Å². The number of thiophene rings is 1. The summed E-state index contributed by atoms with van der Waals surface area (Å²) in [6.45, 7) is 0. The largest absolute Gasteiger partial charge is 0.505 e. The van der Waals surface area contributed by atoms with E-state index in [2.05, 4.69) is 15.0 Å². The number of fused-ring (bicyclic) bond motifs is 1. The molecule has 0 saturated carbocycles. The van der Waals surface area contributed by atoms with Gasteiger partial charge in [-0.3, -0.25) is 9.59 Å². The molecule has 2 heterocycles. The molecule has 1 amide bonds. The number of methoxy groups -OCH3 is 1. The number of aromatic hydroxyl groups is 1. The van der Waals surface area contributed by atoms with Crippen molar-refractivity contribution in [3.63, 3.8) is 0 Å². The lowest BCUT2D eigenvalue weighted by Crippen LogP contribution is -2.23. The number of rotatable bonds is 3. The van der Waals surface area contributed by atoms with Crippen molar-refractivity contribution in [2.45, 2.75) is 0 Å². The van der Waals surface area contributed by atoms with Crippen LogP contribution in [0.25, 0.3) is 10.2 Å². The number of ether oxygens (including phenoxy) is 1. The number of esters is 1. The number of amides is 1. The minimum absolute atomic E-state index is 0.330. The van der Waals surface area contributed by atoms with E-state index in [-0.39, 0.29) is 11.3 Å². The predicted octanol–water partition coefficient (Wildman–Crippen LogP) is 2.33. The molecule has 0 radical (unpaired) electrons. The van der Waals surface area contributed by atoms with Crippen LogP contribution in [-0.2, 0) is 4.74 Å². The van der Waals surface area contributed by atoms with Gasteiger partial charge in [-0.15, -0.1) is 11.3 Å². The quantitative estimate of drug-likeness (QED) is 0.632. The third-order valence-corrected chi connectivity index (χ3v) is 4.30. The number of aromatic nitrogens is 1. The summed E-state index contributed by atoms with van der Waals surface area (Å²) in [6.07, 6.45) is 0. The van der Waals surface area contributed by atoms with Crippen molar-refractivity contribution >= 4 is 39.1 Å². The molecule has 0 spiro atoms. The van der Waals surface area contributed by atoms with Gasteiger partial charge >= 0.3 is 5.97 Å². The highest BCUT2D eigenvalue weighted by Crippen LogP contribution is 2.29. The molecular formula is C16H12N2O5S. The first-order chi connectivity index (χ1) is 11.5. The van der Waals surface area contributed by atoms with Crippen LogP contribution in [-0.4, -0.2) is 29.1 Å². The Kier molecular flexibility index (Phi) is 4.05. The van der Waals surface area contributed by atoms with Crippen LogP contribution in [0.2, 0.25) is 0 Å². The number of pyridine rings is 1. The van der Waals surface area contributed by atoms with Crippen LogP contribution in [0.4, 0.5) is 5.69 Å². The zero-order valence-corrected chi connectivity index (χ0v) is 13.3. The third-order valence-electron chi connectivity index (χ3n) is 3.38. The second kappa shape index (κ2) is 6.17. The van der Waals surface area contributed by atoms with E-state index in [0.29, 0.717) is 21.5 Å². The molecule has 0 saturated heterocycles. The molecule has 3 aromatic rings. The molecule has 0 aliphatic carbocycles. The number of H-pyrrole nitrogens is 1. The molecule has 0 bridgehead atoms. The summed E-state index contributed by atoms with van der Waals surface area (Å²) in [5.74, 6) is -1.59. The van der Waals surface area contributed by atoms with Crippen molar-refractivity contribution in [3.8, 4) is 5.75 Å². The second-order valence-corrected chi connectivity index (χ2v) is 5.78. The van der Waals surface area contributed by atoms with E-state index < -0.39 is 17.4 Å². The zero-order chi connectivity index (χ0) is 17.3. The highest BCUT2D eigenvalue weighted by Gasteiger charge is 2.20. The topological polar surface area (TPSA) is 108 Å². The first-order valence-corrected chi connectivity index (χ1v) is 7.71. The Labute approximate surface area is 139 Å². The van der Waals surface area contributed by atoms with Crippen LogP contribution in [0.3, 0.4) is 0 Å². The number of anilines is 1. The Balaban J connectivity index is 1.90. The first kappa shape index (κ1) is 15.8. The van der Waals surface area contributed by atoms with Gasteiger partial charge in [0.2, 0.25) is 0 Å². The third kappa shape index (κ3) is 2.74. The van der Waals surface area contributed by atoms with Gasteiger partial charge in [0.15, 0.2) is 5.75 Å². The summed E-state index contributed by atoms with van der Waals surface area (Å²) in [4.78, 5) is 38.3. The lowest BCUT2D eigenvalue weighted by Gasteiger charge is -2.07. The van der Waals surface area contributed by atoms with Crippen molar-refractivity contribution in [2.24, 2.45) is 0 Å². The fourth-order valence-electron chi connectivity index (χ4n) is 2.21. The Morgan fingerprint density at radius 2 is 1.92 bits per heavy atom. The smallest absolute Gasteiger partial charge is 0.337 e. The van der Waals surface area contributed by atoms with Gasteiger partial charge < -0.3 is 20.1 Å². The Morgan fingerprint density at radius 3 is 2.58 bits per heavy atom. The maximum absolute atomic E-state index is 12.3. The SMILES string of the molecule is COC(=O)c1ccc(NC(=O)c2c(O)c3sccc3[nH]c2=O)cc1. The average molecular weight is 344 g/mol. The first-order valence-electron chi connectivity index (χ1n) is 6.83. The van der Waals surface area contributed by atoms with Gasteiger partial charge in [0, 0.05) is 5.69 Å². The van der Waals surface area contributed by atoms with Crippen molar-refractivity contribution < 1.29 is 19.4 Å². The summed E-state index contributed by atoms with van der Waals surface area (Å²) in [5, 5.41) is 14.4. The zero-order valence-electron chi connectivity index (χ0n) is 12.5. The lowest BCUT2D eigenvalue weighted by atomic mass is 10.2. The van der Waals surface area contributed by atoms with Gasteiger partial charge in [0.05, 0.1) is 22.9 Å². The molecule has 0 aliphatic rings. The van der Waals surface area contributed by atoms with Gasteiger partial charge in [0.1, 0.15) is 5.56 Å². The van der Waals surface area contributed by atoms with Gasteiger partial charge in [-0.05, 0) is 35.7 Å². The van der Waals surface area contributed by atoms with Gasteiger partial charge in [0.25, 0.3) is 11.5 Å². The van der Waals surface area contributed by atoms with E-state index in [4.69, 9.17) is 0 Å². The number of nitrogens with one attached hydrogen (secondary N) is 2. The lowest BCUT2D eigenvalue weighted by molar-refractivity contribution is 0.0600. The number of benzene rings is 1. The maximum atomic E-state index is 12.3. The molecule has 24 heavy (non-hydrogen) atoms. The molecule has 0 fully saturated rings. The molecule has 0 unspecified atom stereocenters. The van der Waals surface area contributed by atoms with Gasteiger partial charge in [-0.1, -0.05) is 0 Å². The van der Waals surface area contributed by atoms with Crippen molar-refractivity contribution in [2.75, 3.05) is 12.4 Å². The second-order valence-electron chi connectivity index (χ2n) is 4.86. The van der Waals surface area contributed by atoms with Crippen LogP contribution in [0.5, 0.6) is 5.75 Å². The molecule has 122 valence electrons. The maximum Gasteiger partial charge on any atom is 0.337 e. The molecule has 3 rings (SSSR count). The van der Waals surface area contributed by atoms with E-state index in [0.717, 1.165) is 0 Å². The molecule has 7 nitrogen and oxygen atoms in total. The summed E-state index contributed by atoms with van der Waals surface area (Å²) in [7, 11) is 1.27. The molecule has 0 aliphatic heterocycles. The summed E-state index contributed by atoms with van der Waals surface area (Å²) in [5.41, 5.74) is 0.138. The summed E-state index contributed by atoms with van der Waals surface area (Å²) < 4.78 is 5.02. The number of hydrogen-bond donors (Lipinski definition) is 3. The van der Waals surface area contributed by atoms with Crippen LogP contribution < -0.4 is 10.9 Å². The number of hydrogen-bond acceptors (Lipinski definition) is 6. The van der Waals surface area contributed by atoms with Crippen molar-refractivity contribution in [3.05, 3.63) is 57.2 Å². The highest BCUT2D eigenvalue weighted by molar-refractivity contribution is 7.17. The molecule has 2 aromatic heterocycles. The van der Waals surface area contributed by atoms with Gasteiger partial charge in [-0.25, -0.2) is 4.79 Å². The van der Waals surface area contributed by atoms with Crippen LogP contribution in [0.15, 0.2) is 40.5 Å². The normalized spacial score (nSPS) is 10.5. The molecule has 0 atom stereocenters. The fraction of sp³-hybridized carbons (Fsp3) is 0.0625. The number of aromatic amines is 1. The average Bonchev–Trinajstić information content (AvgIpc) is 3.03. The van der Waals surface area contributed by atoms with Crippen LogP contribution in [0, 0.1) is 0 Å². The van der Waals surface area contributed by atoms with Crippen LogP contribution in [0.1, 0.15) is 20.7 Å². The molecule has 1 aromatic carbocycles.